The first-order valence-corrected chi connectivity index (χ1v) is 6.52. The number of hydrogen-bond acceptors (Lipinski definition) is 2. The van der Waals surface area contributed by atoms with Crippen molar-refractivity contribution < 1.29 is 9.47 Å². The van der Waals surface area contributed by atoms with E-state index in [2.05, 4.69) is 22.9 Å². The lowest BCUT2D eigenvalue weighted by molar-refractivity contribution is 0.0496. The molecule has 1 aliphatic rings. The van der Waals surface area contributed by atoms with Crippen molar-refractivity contribution in [3.63, 3.8) is 0 Å². The van der Waals surface area contributed by atoms with Crippen molar-refractivity contribution in [2.24, 2.45) is 5.92 Å². The van der Waals surface area contributed by atoms with Gasteiger partial charge in [-0.2, -0.15) is 0 Å². The Morgan fingerprint density at radius 3 is 2.88 bits per heavy atom. The topological polar surface area (TPSA) is 18.5 Å². The maximum atomic E-state index is 5.87. The lowest BCUT2D eigenvalue weighted by Crippen LogP contribution is -2.21. The second kappa shape index (κ2) is 5.69. The fourth-order valence-electron chi connectivity index (χ4n) is 1.86. The molecule has 1 fully saturated rings. The molecule has 1 aromatic carbocycles. The van der Waals surface area contributed by atoms with Crippen molar-refractivity contribution in [2.45, 2.75) is 19.8 Å². The number of rotatable bonds is 3. The standard InChI is InChI=1S/C13H17BrO2/c1-10-12(14)3-2-4-13(10)16-9-11-5-7-15-8-6-11/h2-4,11H,5-9H2,1H3. The summed E-state index contributed by atoms with van der Waals surface area (Å²) >= 11 is 3.51. The Morgan fingerprint density at radius 1 is 1.38 bits per heavy atom. The highest BCUT2D eigenvalue weighted by molar-refractivity contribution is 9.10. The fraction of sp³-hybridized carbons (Fsp3) is 0.538. The maximum absolute atomic E-state index is 5.87. The summed E-state index contributed by atoms with van der Waals surface area (Å²) in [5, 5.41) is 0. The van der Waals surface area contributed by atoms with Crippen LogP contribution in [0.1, 0.15) is 18.4 Å². The Hall–Kier alpha value is -0.540. The Balaban J connectivity index is 1.91. The van der Waals surface area contributed by atoms with Crippen molar-refractivity contribution in [3.05, 3.63) is 28.2 Å². The lowest BCUT2D eigenvalue weighted by atomic mass is 10.0. The molecule has 0 atom stereocenters. The summed E-state index contributed by atoms with van der Waals surface area (Å²) < 4.78 is 12.3. The average Bonchev–Trinajstić information content (AvgIpc) is 2.32. The zero-order chi connectivity index (χ0) is 11.4. The van der Waals surface area contributed by atoms with Crippen LogP contribution >= 0.6 is 15.9 Å². The highest BCUT2D eigenvalue weighted by Crippen LogP contribution is 2.26. The second-order valence-electron chi connectivity index (χ2n) is 4.23. The van der Waals surface area contributed by atoms with E-state index in [1.807, 2.05) is 18.2 Å². The minimum atomic E-state index is 0.645. The molecule has 0 radical (unpaired) electrons. The highest BCUT2D eigenvalue weighted by atomic mass is 79.9. The number of benzene rings is 1. The van der Waals surface area contributed by atoms with Crippen molar-refractivity contribution in [1.29, 1.82) is 0 Å². The van der Waals surface area contributed by atoms with E-state index in [0.717, 1.165) is 42.9 Å². The van der Waals surface area contributed by atoms with Gasteiger partial charge in [0, 0.05) is 23.2 Å². The lowest BCUT2D eigenvalue weighted by Gasteiger charge is -2.22. The molecule has 3 heteroatoms. The summed E-state index contributed by atoms with van der Waals surface area (Å²) in [4.78, 5) is 0. The number of hydrogen-bond donors (Lipinski definition) is 0. The first kappa shape index (κ1) is 11.9. The van der Waals surface area contributed by atoms with Gasteiger partial charge in [0.05, 0.1) is 6.61 Å². The van der Waals surface area contributed by atoms with Crippen LogP contribution in [0.5, 0.6) is 5.75 Å². The third kappa shape index (κ3) is 2.98. The summed E-state index contributed by atoms with van der Waals surface area (Å²) in [6.07, 6.45) is 2.24. The molecule has 0 amide bonds. The molecule has 1 saturated heterocycles. The van der Waals surface area contributed by atoms with Crippen molar-refractivity contribution in [2.75, 3.05) is 19.8 Å². The van der Waals surface area contributed by atoms with E-state index in [9.17, 15) is 0 Å². The van der Waals surface area contributed by atoms with Gasteiger partial charge in [-0.1, -0.05) is 22.0 Å². The van der Waals surface area contributed by atoms with Crippen LogP contribution in [-0.2, 0) is 4.74 Å². The van der Waals surface area contributed by atoms with Crippen LogP contribution in [0, 0.1) is 12.8 Å². The van der Waals surface area contributed by atoms with Crippen LogP contribution < -0.4 is 4.74 Å². The third-order valence-electron chi connectivity index (χ3n) is 3.03. The molecule has 0 saturated carbocycles. The summed E-state index contributed by atoms with van der Waals surface area (Å²) in [5.41, 5.74) is 1.18. The van der Waals surface area contributed by atoms with Gasteiger partial charge in [-0.25, -0.2) is 0 Å². The number of halogens is 1. The first-order chi connectivity index (χ1) is 7.77. The molecule has 16 heavy (non-hydrogen) atoms. The Bertz CT molecular complexity index is 346. The molecule has 1 heterocycles. The van der Waals surface area contributed by atoms with Crippen LogP contribution in [0.3, 0.4) is 0 Å². The molecule has 0 aliphatic carbocycles. The smallest absolute Gasteiger partial charge is 0.123 e. The molecule has 0 N–H and O–H groups in total. The zero-order valence-electron chi connectivity index (χ0n) is 9.54. The Kier molecular flexibility index (Phi) is 4.24. The van der Waals surface area contributed by atoms with Crippen molar-refractivity contribution in [3.8, 4) is 5.75 Å². The molecule has 0 unspecified atom stereocenters. The summed E-state index contributed by atoms with van der Waals surface area (Å²) in [6.45, 7) is 4.64. The molecular weight excluding hydrogens is 268 g/mol. The molecule has 1 aromatic rings. The van der Waals surface area contributed by atoms with E-state index in [1.54, 1.807) is 0 Å². The molecular formula is C13H17BrO2. The van der Waals surface area contributed by atoms with E-state index in [4.69, 9.17) is 9.47 Å². The van der Waals surface area contributed by atoms with E-state index in [0.29, 0.717) is 5.92 Å². The second-order valence-corrected chi connectivity index (χ2v) is 5.08. The average molecular weight is 285 g/mol. The first-order valence-electron chi connectivity index (χ1n) is 5.73. The molecule has 2 rings (SSSR count). The van der Waals surface area contributed by atoms with Gasteiger partial charge in [0.25, 0.3) is 0 Å². The van der Waals surface area contributed by atoms with Gasteiger partial charge < -0.3 is 9.47 Å². The molecule has 2 nitrogen and oxygen atoms in total. The zero-order valence-corrected chi connectivity index (χ0v) is 11.1. The molecule has 1 aliphatic heterocycles. The van der Waals surface area contributed by atoms with Gasteiger partial charge in [-0.15, -0.1) is 0 Å². The van der Waals surface area contributed by atoms with Crippen molar-refractivity contribution >= 4 is 15.9 Å². The minimum Gasteiger partial charge on any atom is -0.493 e. The van der Waals surface area contributed by atoms with Gasteiger partial charge in [0.1, 0.15) is 5.75 Å². The van der Waals surface area contributed by atoms with Gasteiger partial charge in [0.15, 0.2) is 0 Å². The van der Waals surface area contributed by atoms with E-state index in [-0.39, 0.29) is 0 Å². The van der Waals surface area contributed by atoms with Gasteiger partial charge >= 0.3 is 0 Å². The normalized spacial score (nSPS) is 17.4. The molecule has 0 spiro atoms. The predicted octanol–water partition coefficient (Wildman–Crippen LogP) is 3.56. The Labute approximate surface area is 105 Å². The minimum absolute atomic E-state index is 0.645. The largest absolute Gasteiger partial charge is 0.493 e. The molecule has 0 bridgehead atoms. The third-order valence-corrected chi connectivity index (χ3v) is 3.89. The van der Waals surface area contributed by atoms with Crippen LogP contribution in [0.2, 0.25) is 0 Å². The quantitative estimate of drug-likeness (QED) is 0.845. The van der Waals surface area contributed by atoms with E-state index < -0.39 is 0 Å². The van der Waals surface area contributed by atoms with Crippen LogP contribution in [0.15, 0.2) is 22.7 Å². The SMILES string of the molecule is Cc1c(Br)cccc1OCC1CCOCC1. The fourth-order valence-corrected chi connectivity index (χ4v) is 2.21. The van der Waals surface area contributed by atoms with Crippen LogP contribution in [0.4, 0.5) is 0 Å². The monoisotopic (exact) mass is 284 g/mol. The van der Waals surface area contributed by atoms with Gasteiger partial charge in [0.2, 0.25) is 0 Å². The molecule has 0 aromatic heterocycles. The summed E-state index contributed by atoms with van der Waals surface area (Å²) in [5.74, 6) is 1.63. The number of ether oxygens (including phenoxy) is 2. The predicted molar refractivity (Wildman–Crippen MR) is 67.9 cm³/mol. The summed E-state index contributed by atoms with van der Waals surface area (Å²) in [6, 6.07) is 6.08. The highest BCUT2D eigenvalue weighted by Gasteiger charge is 2.14. The summed E-state index contributed by atoms with van der Waals surface area (Å²) in [7, 11) is 0. The van der Waals surface area contributed by atoms with Crippen LogP contribution in [0.25, 0.3) is 0 Å². The van der Waals surface area contributed by atoms with Crippen molar-refractivity contribution in [1.82, 2.24) is 0 Å². The molecule has 88 valence electrons. The maximum Gasteiger partial charge on any atom is 0.123 e. The van der Waals surface area contributed by atoms with E-state index >= 15 is 0 Å². The van der Waals surface area contributed by atoms with E-state index in [1.165, 1.54) is 5.56 Å². The Morgan fingerprint density at radius 2 is 2.12 bits per heavy atom. The van der Waals surface area contributed by atoms with Crippen LogP contribution in [-0.4, -0.2) is 19.8 Å². The van der Waals surface area contributed by atoms with Gasteiger partial charge in [-0.05, 0) is 37.8 Å². The van der Waals surface area contributed by atoms with Gasteiger partial charge in [-0.3, -0.25) is 0 Å².